The van der Waals surface area contributed by atoms with E-state index in [4.69, 9.17) is 4.74 Å². The van der Waals surface area contributed by atoms with Crippen LogP contribution in [0, 0.1) is 5.92 Å². The second kappa shape index (κ2) is 4.09. The van der Waals surface area contributed by atoms with Crippen LogP contribution in [0.1, 0.15) is 39.5 Å². The number of rotatable bonds is 2. The van der Waals surface area contributed by atoms with Gasteiger partial charge < -0.3 is 9.84 Å². The summed E-state index contributed by atoms with van der Waals surface area (Å²) >= 11 is 0. The Bertz CT molecular complexity index is 187. The van der Waals surface area contributed by atoms with Gasteiger partial charge in [0.1, 0.15) is 0 Å². The number of hydrogen-bond donors (Lipinski definition) is 1. The number of esters is 1. The first-order chi connectivity index (χ1) is 6.08. The van der Waals surface area contributed by atoms with Gasteiger partial charge in [0.15, 0.2) is 0 Å². The Morgan fingerprint density at radius 2 is 2.31 bits per heavy atom. The molecule has 3 heteroatoms. The quantitative estimate of drug-likeness (QED) is 0.665. The van der Waals surface area contributed by atoms with Gasteiger partial charge >= 0.3 is 5.97 Å². The minimum atomic E-state index is -0.857. The highest BCUT2D eigenvalue weighted by atomic mass is 16.5. The first kappa shape index (κ1) is 10.5. The predicted molar refractivity (Wildman–Crippen MR) is 49.2 cm³/mol. The summed E-state index contributed by atoms with van der Waals surface area (Å²) in [5.41, 5.74) is -0.857. The average molecular weight is 186 g/mol. The summed E-state index contributed by atoms with van der Waals surface area (Å²) in [6, 6.07) is 0. The normalized spacial score (nSPS) is 34.2. The summed E-state index contributed by atoms with van der Waals surface area (Å²) in [7, 11) is 0. The van der Waals surface area contributed by atoms with E-state index in [0.29, 0.717) is 13.0 Å². The molecule has 0 unspecified atom stereocenters. The first-order valence-corrected chi connectivity index (χ1v) is 4.97. The van der Waals surface area contributed by atoms with Crippen molar-refractivity contribution < 1.29 is 14.6 Å². The summed E-state index contributed by atoms with van der Waals surface area (Å²) in [5, 5.41) is 9.93. The van der Waals surface area contributed by atoms with Crippen LogP contribution in [0.5, 0.6) is 0 Å². The van der Waals surface area contributed by atoms with Gasteiger partial charge in [0.05, 0.1) is 18.1 Å². The zero-order valence-electron chi connectivity index (χ0n) is 8.38. The molecule has 2 atom stereocenters. The fraction of sp³-hybridized carbons (Fsp3) is 0.900. The van der Waals surface area contributed by atoms with E-state index in [1.165, 1.54) is 0 Å². The molecule has 1 N–H and O–H groups in total. The van der Waals surface area contributed by atoms with Gasteiger partial charge in [-0.25, -0.2) is 0 Å². The SMILES string of the molecule is CCOC(=O)[C@@H]1CCCC[C@]1(C)O. The van der Waals surface area contributed by atoms with E-state index >= 15 is 0 Å². The molecule has 0 amide bonds. The van der Waals surface area contributed by atoms with Gasteiger partial charge in [-0.05, 0) is 26.7 Å². The van der Waals surface area contributed by atoms with Crippen LogP contribution < -0.4 is 0 Å². The van der Waals surface area contributed by atoms with Gasteiger partial charge in [-0.3, -0.25) is 4.79 Å². The van der Waals surface area contributed by atoms with Crippen molar-refractivity contribution in [3.63, 3.8) is 0 Å². The Labute approximate surface area is 79.1 Å². The second-order valence-electron chi connectivity index (χ2n) is 3.91. The minimum absolute atomic E-state index is 0.243. The Balaban J connectivity index is 2.59. The van der Waals surface area contributed by atoms with Crippen LogP contribution in [0.2, 0.25) is 0 Å². The number of ether oxygens (including phenoxy) is 1. The smallest absolute Gasteiger partial charge is 0.311 e. The van der Waals surface area contributed by atoms with Crippen LogP contribution in [-0.2, 0) is 9.53 Å². The largest absolute Gasteiger partial charge is 0.466 e. The zero-order chi connectivity index (χ0) is 9.90. The maximum atomic E-state index is 11.4. The van der Waals surface area contributed by atoms with E-state index in [1.54, 1.807) is 13.8 Å². The van der Waals surface area contributed by atoms with Crippen LogP contribution in [0.4, 0.5) is 0 Å². The molecule has 0 saturated heterocycles. The maximum Gasteiger partial charge on any atom is 0.311 e. The van der Waals surface area contributed by atoms with Crippen molar-refractivity contribution in [2.45, 2.75) is 45.1 Å². The Morgan fingerprint density at radius 3 is 2.85 bits per heavy atom. The summed E-state index contributed by atoms with van der Waals surface area (Å²) in [5.74, 6) is -0.562. The van der Waals surface area contributed by atoms with Crippen molar-refractivity contribution in [1.82, 2.24) is 0 Å². The van der Waals surface area contributed by atoms with Crippen molar-refractivity contribution >= 4 is 5.97 Å². The molecule has 76 valence electrons. The van der Waals surface area contributed by atoms with Crippen LogP contribution >= 0.6 is 0 Å². The van der Waals surface area contributed by atoms with E-state index < -0.39 is 5.60 Å². The molecule has 0 aliphatic heterocycles. The molecule has 3 nitrogen and oxygen atoms in total. The molecule has 13 heavy (non-hydrogen) atoms. The molecule has 0 spiro atoms. The third-order valence-electron chi connectivity index (χ3n) is 2.75. The summed E-state index contributed by atoms with van der Waals surface area (Å²) in [6.45, 7) is 3.91. The predicted octanol–water partition coefficient (Wildman–Crippen LogP) is 1.49. The molecule has 1 aliphatic carbocycles. The highest BCUT2D eigenvalue weighted by molar-refractivity contribution is 5.73. The standard InChI is InChI=1S/C10H18O3/c1-3-13-9(11)8-6-4-5-7-10(8,2)12/h8,12H,3-7H2,1-2H3/t8-,10-/m0/s1. The van der Waals surface area contributed by atoms with E-state index in [9.17, 15) is 9.90 Å². The molecule has 0 aromatic carbocycles. The fourth-order valence-corrected chi connectivity index (χ4v) is 1.93. The number of hydrogen-bond acceptors (Lipinski definition) is 3. The molecule has 1 rings (SSSR count). The van der Waals surface area contributed by atoms with E-state index in [-0.39, 0.29) is 11.9 Å². The number of aliphatic hydroxyl groups is 1. The van der Waals surface area contributed by atoms with Crippen molar-refractivity contribution in [3.8, 4) is 0 Å². The lowest BCUT2D eigenvalue weighted by Gasteiger charge is -2.35. The lowest BCUT2D eigenvalue weighted by molar-refractivity contribution is -0.160. The first-order valence-electron chi connectivity index (χ1n) is 4.97. The average Bonchev–Trinajstić information content (AvgIpc) is 2.03. The molecule has 1 aliphatic rings. The Hall–Kier alpha value is -0.570. The summed E-state index contributed by atoms with van der Waals surface area (Å²) < 4.78 is 4.92. The third kappa shape index (κ3) is 2.44. The molecule has 1 saturated carbocycles. The summed E-state index contributed by atoms with van der Waals surface area (Å²) in [4.78, 5) is 11.4. The van der Waals surface area contributed by atoms with E-state index in [1.807, 2.05) is 0 Å². The van der Waals surface area contributed by atoms with Gasteiger partial charge in [-0.15, -0.1) is 0 Å². The molecular weight excluding hydrogens is 168 g/mol. The fourth-order valence-electron chi connectivity index (χ4n) is 1.93. The monoisotopic (exact) mass is 186 g/mol. The second-order valence-corrected chi connectivity index (χ2v) is 3.91. The molecular formula is C10H18O3. The lowest BCUT2D eigenvalue weighted by Crippen LogP contribution is -2.42. The van der Waals surface area contributed by atoms with Crippen LogP contribution in [0.3, 0.4) is 0 Å². The topological polar surface area (TPSA) is 46.5 Å². The van der Waals surface area contributed by atoms with E-state index in [2.05, 4.69) is 0 Å². The molecule has 0 radical (unpaired) electrons. The number of carbonyl (C=O) groups is 1. The highest BCUT2D eigenvalue weighted by Crippen LogP contribution is 2.34. The van der Waals surface area contributed by atoms with Crippen molar-refractivity contribution in [1.29, 1.82) is 0 Å². The summed E-state index contributed by atoms with van der Waals surface area (Å²) in [6.07, 6.45) is 3.48. The molecule has 0 aromatic heterocycles. The van der Waals surface area contributed by atoms with Crippen molar-refractivity contribution in [2.75, 3.05) is 6.61 Å². The number of carbonyl (C=O) groups excluding carboxylic acids is 1. The molecule has 0 bridgehead atoms. The molecule has 0 heterocycles. The van der Waals surface area contributed by atoms with Gasteiger partial charge in [0.25, 0.3) is 0 Å². The van der Waals surface area contributed by atoms with E-state index in [0.717, 1.165) is 19.3 Å². The lowest BCUT2D eigenvalue weighted by atomic mass is 9.77. The van der Waals surface area contributed by atoms with Gasteiger partial charge in [-0.2, -0.15) is 0 Å². The van der Waals surface area contributed by atoms with Crippen LogP contribution in [-0.4, -0.2) is 23.3 Å². The Kier molecular flexibility index (Phi) is 3.31. The van der Waals surface area contributed by atoms with Gasteiger partial charge in [0, 0.05) is 0 Å². The van der Waals surface area contributed by atoms with Gasteiger partial charge in [0.2, 0.25) is 0 Å². The third-order valence-corrected chi connectivity index (χ3v) is 2.75. The molecule has 1 fully saturated rings. The van der Waals surface area contributed by atoms with Crippen LogP contribution in [0.15, 0.2) is 0 Å². The highest BCUT2D eigenvalue weighted by Gasteiger charge is 2.40. The minimum Gasteiger partial charge on any atom is -0.466 e. The van der Waals surface area contributed by atoms with Crippen molar-refractivity contribution in [2.24, 2.45) is 5.92 Å². The zero-order valence-corrected chi connectivity index (χ0v) is 8.38. The maximum absolute atomic E-state index is 11.4. The molecule has 0 aromatic rings. The Morgan fingerprint density at radius 1 is 1.62 bits per heavy atom. The van der Waals surface area contributed by atoms with Crippen LogP contribution in [0.25, 0.3) is 0 Å². The van der Waals surface area contributed by atoms with Crippen molar-refractivity contribution in [3.05, 3.63) is 0 Å². The van der Waals surface area contributed by atoms with Gasteiger partial charge in [-0.1, -0.05) is 12.8 Å².